The maximum atomic E-state index is 5.77. The molecule has 0 spiro atoms. The van der Waals surface area contributed by atoms with E-state index in [9.17, 15) is 0 Å². The van der Waals surface area contributed by atoms with Crippen LogP contribution in [0.25, 0.3) is 10.9 Å². The summed E-state index contributed by atoms with van der Waals surface area (Å²) in [4.78, 5) is 0. The maximum absolute atomic E-state index is 5.77. The fourth-order valence-corrected chi connectivity index (χ4v) is 2.45. The van der Waals surface area contributed by atoms with E-state index < -0.39 is 0 Å². The molecule has 0 saturated heterocycles. The number of aryl methyl sites for hydroxylation is 1. The summed E-state index contributed by atoms with van der Waals surface area (Å²) < 4.78 is 2.03. The van der Waals surface area contributed by atoms with Gasteiger partial charge < -0.3 is 5.73 Å². The van der Waals surface area contributed by atoms with Crippen molar-refractivity contribution in [3.63, 3.8) is 0 Å². The Labute approximate surface area is 112 Å². The van der Waals surface area contributed by atoms with E-state index in [2.05, 4.69) is 48.4 Å². The molecule has 0 saturated carbocycles. The van der Waals surface area contributed by atoms with Gasteiger partial charge in [-0.25, -0.2) is 0 Å². The molecule has 3 nitrogen and oxygen atoms in total. The number of para-hydroxylation sites is 1. The first-order valence-electron chi connectivity index (χ1n) is 6.48. The molecule has 0 radical (unpaired) electrons. The molecule has 19 heavy (non-hydrogen) atoms. The molecule has 3 rings (SSSR count). The minimum Gasteiger partial charge on any atom is -0.325 e. The van der Waals surface area contributed by atoms with E-state index in [-0.39, 0.29) is 0 Å². The minimum atomic E-state index is 0.474. The van der Waals surface area contributed by atoms with E-state index >= 15 is 0 Å². The van der Waals surface area contributed by atoms with Crippen LogP contribution in [0.5, 0.6) is 0 Å². The zero-order valence-corrected chi connectivity index (χ0v) is 11.0. The predicted molar refractivity (Wildman–Crippen MR) is 77.9 cm³/mol. The molecule has 2 aromatic carbocycles. The second-order valence-corrected chi connectivity index (χ2v) is 4.81. The molecule has 0 bridgehead atoms. The summed E-state index contributed by atoms with van der Waals surface area (Å²) in [5.41, 5.74) is 10.4. The van der Waals surface area contributed by atoms with Gasteiger partial charge in [0.05, 0.1) is 17.8 Å². The number of benzene rings is 2. The highest BCUT2D eigenvalue weighted by molar-refractivity contribution is 5.82. The van der Waals surface area contributed by atoms with Crippen LogP contribution in [-0.4, -0.2) is 9.78 Å². The first-order valence-corrected chi connectivity index (χ1v) is 6.48. The molecule has 1 aromatic heterocycles. The van der Waals surface area contributed by atoms with Crippen molar-refractivity contribution < 1.29 is 0 Å². The normalized spacial score (nSPS) is 11.1. The highest BCUT2D eigenvalue weighted by Crippen LogP contribution is 2.19. The summed E-state index contributed by atoms with van der Waals surface area (Å²) >= 11 is 0. The number of nitrogens with two attached hydrogens (primary N) is 1. The van der Waals surface area contributed by atoms with Crippen molar-refractivity contribution in [3.8, 4) is 0 Å². The summed E-state index contributed by atoms with van der Waals surface area (Å²) in [6.45, 7) is 3.36. The fraction of sp³-hybridized carbons (Fsp3) is 0.188. The third-order valence-electron chi connectivity index (χ3n) is 3.34. The molecule has 3 aromatic rings. The van der Waals surface area contributed by atoms with Crippen LogP contribution in [0, 0.1) is 6.92 Å². The highest BCUT2D eigenvalue weighted by Gasteiger charge is 2.08. The lowest BCUT2D eigenvalue weighted by Gasteiger charge is -2.04. The van der Waals surface area contributed by atoms with Crippen LogP contribution in [0.3, 0.4) is 0 Å². The Hall–Kier alpha value is -2.13. The number of aromatic nitrogens is 2. The van der Waals surface area contributed by atoms with Gasteiger partial charge in [-0.05, 0) is 18.6 Å². The Bertz CT molecular complexity index is 713. The standard InChI is InChI=1S/C16H17N3/c1-12-5-4-6-13(9-12)11-19-16-8-3-2-7-14(16)15(10-17)18-19/h2-9H,10-11,17H2,1H3. The van der Waals surface area contributed by atoms with E-state index in [0.717, 1.165) is 23.1 Å². The van der Waals surface area contributed by atoms with Crippen LogP contribution in [0.4, 0.5) is 0 Å². The molecule has 0 unspecified atom stereocenters. The lowest BCUT2D eigenvalue weighted by Crippen LogP contribution is -2.04. The summed E-state index contributed by atoms with van der Waals surface area (Å²) in [5.74, 6) is 0. The topological polar surface area (TPSA) is 43.8 Å². The second kappa shape index (κ2) is 4.86. The highest BCUT2D eigenvalue weighted by atomic mass is 15.3. The van der Waals surface area contributed by atoms with Gasteiger partial charge in [-0.3, -0.25) is 4.68 Å². The first kappa shape index (κ1) is 11.9. The first-order chi connectivity index (χ1) is 9.28. The molecule has 3 heteroatoms. The van der Waals surface area contributed by atoms with Gasteiger partial charge in [-0.15, -0.1) is 0 Å². The van der Waals surface area contributed by atoms with E-state index in [1.54, 1.807) is 0 Å². The molecule has 0 fully saturated rings. The lowest BCUT2D eigenvalue weighted by molar-refractivity contribution is 0.693. The smallest absolute Gasteiger partial charge is 0.0839 e. The summed E-state index contributed by atoms with van der Waals surface area (Å²) in [6.07, 6.45) is 0. The Morgan fingerprint density at radius 1 is 1.11 bits per heavy atom. The summed E-state index contributed by atoms with van der Waals surface area (Å²) in [6, 6.07) is 16.8. The van der Waals surface area contributed by atoms with Gasteiger partial charge in [0.1, 0.15) is 0 Å². The Morgan fingerprint density at radius 2 is 1.95 bits per heavy atom. The van der Waals surface area contributed by atoms with Crippen molar-refractivity contribution in [3.05, 3.63) is 65.4 Å². The van der Waals surface area contributed by atoms with Crippen molar-refractivity contribution >= 4 is 10.9 Å². The Kier molecular flexibility index (Phi) is 3.05. The average molecular weight is 251 g/mol. The third-order valence-corrected chi connectivity index (χ3v) is 3.34. The van der Waals surface area contributed by atoms with E-state index in [4.69, 9.17) is 5.73 Å². The number of rotatable bonds is 3. The summed E-state index contributed by atoms with van der Waals surface area (Å²) in [5, 5.41) is 5.78. The molecule has 0 atom stereocenters. The second-order valence-electron chi connectivity index (χ2n) is 4.81. The summed E-state index contributed by atoms with van der Waals surface area (Å²) in [7, 11) is 0. The van der Waals surface area contributed by atoms with E-state index in [1.807, 2.05) is 16.8 Å². The van der Waals surface area contributed by atoms with Crippen molar-refractivity contribution in [1.29, 1.82) is 0 Å². The number of nitrogens with zero attached hydrogens (tertiary/aromatic N) is 2. The lowest BCUT2D eigenvalue weighted by atomic mass is 10.1. The van der Waals surface area contributed by atoms with Gasteiger partial charge in [0.15, 0.2) is 0 Å². The van der Waals surface area contributed by atoms with E-state index in [1.165, 1.54) is 11.1 Å². The van der Waals surface area contributed by atoms with Gasteiger partial charge in [0.25, 0.3) is 0 Å². The number of fused-ring (bicyclic) bond motifs is 1. The Balaban J connectivity index is 2.06. The van der Waals surface area contributed by atoms with Crippen molar-refractivity contribution in [2.45, 2.75) is 20.0 Å². The van der Waals surface area contributed by atoms with E-state index in [0.29, 0.717) is 6.54 Å². The molecule has 2 N–H and O–H groups in total. The maximum Gasteiger partial charge on any atom is 0.0839 e. The van der Waals surface area contributed by atoms with Gasteiger partial charge in [-0.2, -0.15) is 5.10 Å². The van der Waals surface area contributed by atoms with Crippen LogP contribution in [0.15, 0.2) is 48.5 Å². The average Bonchev–Trinajstić information content (AvgIpc) is 2.77. The van der Waals surface area contributed by atoms with Crippen molar-refractivity contribution in [2.75, 3.05) is 0 Å². The monoisotopic (exact) mass is 251 g/mol. The minimum absolute atomic E-state index is 0.474. The van der Waals surface area contributed by atoms with Crippen LogP contribution in [0.2, 0.25) is 0 Å². The SMILES string of the molecule is Cc1cccc(Cn2nc(CN)c3ccccc32)c1. The molecule has 0 aliphatic carbocycles. The van der Waals surface area contributed by atoms with Crippen LogP contribution >= 0.6 is 0 Å². The fourth-order valence-electron chi connectivity index (χ4n) is 2.45. The molecule has 1 heterocycles. The van der Waals surface area contributed by atoms with Crippen LogP contribution in [-0.2, 0) is 13.1 Å². The molecule has 0 amide bonds. The van der Waals surface area contributed by atoms with Gasteiger partial charge >= 0.3 is 0 Å². The molecule has 0 aliphatic rings. The Morgan fingerprint density at radius 3 is 2.74 bits per heavy atom. The van der Waals surface area contributed by atoms with Crippen molar-refractivity contribution in [2.24, 2.45) is 5.73 Å². The zero-order valence-electron chi connectivity index (χ0n) is 11.0. The van der Waals surface area contributed by atoms with Crippen molar-refractivity contribution in [1.82, 2.24) is 9.78 Å². The number of hydrogen-bond acceptors (Lipinski definition) is 2. The molecule has 0 aliphatic heterocycles. The quantitative estimate of drug-likeness (QED) is 0.778. The predicted octanol–water partition coefficient (Wildman–Crippen LogP) is 2.85. The van der Waals surface area contributed by atoms with Gasteiger partial charge in [0, 0.05) is 11.9 Å². The van der Waals surface area contributed by atoms with Gasteiger partial charge in [0.2, 0.25) is 0 Å². The third kappa shape index (κ3) is 2.25. The zero-order chi connectivity index (χ0) is 13.2. The molecular weight excluding hydrogens is 234 g/mol. The molecular formula is C16H17N3. The molecule has 96 valence electrons. The largest absolute Gasteiger partial charge is 0.325 e. The van der Waals surface area contributed by atoms with Gasteiger partial charge in [-0.1, -0.05) is 48.0 Å². The van der Waals surface area contributed by atoms with Crippen LogP contribution in [0.1, 0.15) is 16.8 Å². The number of hydrogen-bond donors (Lipinski definition) is 1. The van der Waals surface area contributed by atoms with Crippen LogP contribution < -0.4 is 5.73 Å².